The van der Waals surface area contributed by atoms with E-state index in [1.165, 1.54) is 28.7 Å². The minimum absolute atomic E-state index is 0.211. The van der Waals surface area contributed by atoms with E-state index < -0.39 is 11.6 Å². The van der Waals surface area contributed by atoms with Crippen molar-refractivity contribution >= 4 is 40.5 Å². The highest BCUT2D eigenvalue weighted by molar-refractivity contribution is 6.30. The van der Waals surface area contributed by atoms with Gasteiger partial charge >= 0.3 is 5.69 Å². The molecule has 8 nitrogen and oxygen atoms in total. The molecule has 4 aromatic rings. The molecule has 0 spiro atoms. The van der Waals surface area contributed by atoms with E-state index in [4.69, 9.17) is 11.6 Å². The van der Waals surface area contributed by atoms with E-state index in [2.05, 4.69) is 20.7 Å². The second-order valence-electron chi connectivity index (χ2n) is 6.55. The van der Waals surface area contributed by atoms with Gasteiger partial charge in [0.25, 0.3) is 0 Å². The van der Waals surface area contributed by atoms with E-state index in [9.17, 15) is 14.0 Å². The zero-order chi connectivity index (χ0) is 21.3. The first kappa shape index (κ1) is 19.6. The second kappa shape index (κ2) is 7.96. The monoisotopic (exact) mass is 426 g/mol. The molecule has 4 rings (SSSR count). The van der Waals surface area contributed by atoms with E-state index >= 15 is 0 Å². The lowest BCUT2D eigenvalue weighted by Crippen LogP contribution is -2.29. The van der Waals surface area contributed by atoms with Crippen LogP contribution in [-0.4, -0.2) is 25.1 Å². The van der Waals surface area contributed by atoms with Gasteiger partial charge < -0.3 is 10.6 Å². The van der Waals surface area contributed by atoms with E-state index in [-0.39, 0.29) is 18.3 Å². The predicted octanol–water partition coefficient (Wildman–Crippen LogP) is 3.37. The molecule has 10 heteroatoms. The fourth-order valence-electron chi connectivity index (χ4n) is 2.91. The van der Waals surface area contributed by atoms with E-state index in [1.807, 2.05) is 0 Å². The standard InChI is InChI=1S/C20H16ClFN6O2/c1-12-9-17-26-27(11-18(29)24-16-4-2-3-13(21)10-16)20(30)28(17)19(23-12)25-15-7-5-14(22)6-8-15/h2-10H,11H2,1H3,(H,23,25)(H,24,29). The van der Waals surface area contributed by atoms with Gasteiger partial charge in [0.1, 0.15) is 12.4 Å². The summed E-state index contributed by atoms with van der Waals surface area (Å²) in [5, 5.41) is 10.4. The first-order chi connectivity index (χ1) is 14.4. The minimum atomic E-state index is -0.539. The number of rotatable bonds is 5. The molecule has 0 unspecified atom stereocenters. The normalized spacial score (nSPS) is 10.9. The summed E-state index contributed by atoms with van der Waals surface area (Å²) in [6.45, 7) is 1.47. The number of benzene rings is 2. The fourth-order valence-corrected chi connectivity index (χ4v) is 3.10. The Kier molecular flexibility index (Phi) is 5.20. The molecule has 0 aliphatic heterocycles. The van der Waals surface area contributed by atoms with Crippen molar-refractivity contribution in [3.05, 3.63) is 81.6 Å². The lowest BCUT2D eigenvalue weighted by molar-refractivity contribution is -0.117. The average molecular weight is 427 g/mol. The van der Waals surface area contributed by atoms with Crippen LogP contribution in [0.2, 0.25) is 5.02 Å². The third kappa shape index (κ3) is 4.15. The SMILES string of the molecule is Cc1cc2nn(CC(=O)Nc3cccc(Cl)c3)c(=O)n2c(Nc2ccc(F)cc2)n1. The summed E-state index contributed by atoms with van der Waals surface area (Å²) in [5.74, 6) is -0.595. The summed E-state index contributed by atoms with van der Waals surface area (Å²) in [6.07, 6.45) is 0. The molecule has 152 valence electrons. The van der Waals surface area contributed by atoms with Gasteiger partial charge in [-0.25, -0.2) is 23.3 Å². The van der Waals surface area contributed by atoms with Gasteiger partial charge in [0.05, 0.1) is 0 Å². The molecule has 0 saturated carbocycles. The second-order valence-corrected chi connectivity index (χ2v) is 6.98. The molecule has 1 amide bonds. The highest BCUT2D eigenvalue weighted by Crippen LogP contribution is 2.17. The molecule has 0 aliphatic carbocycles. The quantitative estimate of drug-likeness (QED) is 0.510. The Labute approximate surface area is 174 Å². The maximum absolute atomic E-state index is 13.2. The lowest BCUT2D eigenvalue weighted by atomic mass is 10.3. The smallest absolute Gasteiger partial charge is 0.325 e. The number of hydrogen-bond acceptors (Lipinski definition) is 5. The van der Waals surface area contributed by atoms with Gasteiger partial charge in [-0.15, -0.1) is 5.10 Å². The van der Waals surface area contributed by atoms with E-state index in [0.29, 0.717) is 27.7 Å². The Hall–Kier alpha value is -3.72. The Morgan fingerprint density at radius 2 is 1.90 bits per heavy atom. The number of nitrogens with one attached hydrogen (secondary N) is 2. The molecule has 0 aliphatic rings. The highest BCUT2D eigenvalue weighted by atomic mass is 35.5. The van der Waals surface area contributed by atoms with Crippen molar-refractivity contribution in [1.82, 2.24) is 19.2 Å². The molecule has 2 N–H and O–H groups in total. The van der Waals surface area contributed by atoms with Crippen molar-refractivity contribution in [3.63, 3.8) is 0 Å². The van der Waals surface area contributed by atoms with E-state index in [1.54, 1.807) is 37.3 Å². The van der Waals surface area contributed by atoms with Crippen LogP contribution in [0.5, 0.6) is 0 Å². The van der Waals surface area contributed by atoms with Crippen molar-refractivity contribution in [1.29, 1.82) is 0 Å². The lowest BCUT2D eigenvalue weighted by Gasteiger charge is -2.07. The van der Waals surface area contributed by atoms with Crippen LogP contribution >= 0.6 is 11.6 Å². The van der Waals surface area contributed by atoms with Gasteiger partial charge in [0.2, 0.25) is 11.9 Å². The molecule has 0 radical (unpaired) electrons. The number of nitrogens with zero attached hydrogens (tertiary/aromatic N) is 4. The molecule has 0 bridgehead atoms. The number of hydrogen-bond donors (Lipinski definition) is 2. The molecule has 0 fully saturated rings. The van der Waals surface area contributed by atoms with Crippen LogP contribution in [0.3, 0.4) is 0 Å². The highest BCUT2D eigenvalue weighted by Gasteiger charge is 2.15. The van der Waals surface area contributed by atoms with Crippen molar-refractivity contribution < 1.29 is 9.18 Å². The summed E-state index contributed by atoms with van der Waals surface area (Å²) >= 11 is 5.92. The van der Waals surface area contributed by atoms with Gasteiger partial charge in [-0.3, -0.25) is 4.79 Å². The molecular weight excluding hydrogens is 411 g/mol. The first-order valence-electron chi connectivity index (χ1n) is 8.94. The Morgan fingerprint density at radius 3 is 2.63 bits per heavy atom. The number of carbonyl (C=O) groups excluding carboxylic acids is 1. The molecular formula is C20H16ClFN6O2. The van der Waals surface area contributed by atoms with Crippen molar-refractivity contribution in [2.24, 2.45) is 0 Å². The zero-order valence-electron chi connectivity index (χ0n) is 15.8. The molecule has 30 heavy (non-hydrogen) atoms. The number of aryl methyl sites for hydroxylation is 1. The largest absolute Gasteiger partial charge is 0.353 e. The van der Waals surface area contributed by atoms with Crippen molar-refractivity contribution in [3.8, 4) is 0 Å². The molecule has 2 aromatic carbocycles. The van der Waals surface area contributed by atoms with Gasteiger partial charge in [0.15, 0.2) is 5.65 Å². The maximum Gasteiger partial charge on any atom is 0.353 e. The number of amides is 1. The number of fused-ring (bicyclic) bond motifs is 1. The minimum Gasteiger partial charge on any atom is -0.325 e. The van der Waals surface area contributed by atoms with Gasteiger partial charge in [-0.2, -0.15) is 0 Å². The molecule has 2 aromatic heterocycles. The van der Waals surface area contributed by atoms with Crippen LogP contribution in [0.25, 0.3) is 5.65 Å². The van der Waals surface area contributed by atoms with Gasteiger partial charge in [-0.1, -0.05) is 17.7 Å². The molecule has 0 saturated heterocycles. The number of aromatic nitrogens is 4. The Balaban J connectivity index is 1.63. The van der Waals surface area contributed by atoms with Gasteiger partial charge in [-0.05, 0) is 49.4 Å². The number of carbonyl (C=O) groups is 1. The Bertz CT molecular complexity index is 1300. The van der Waals surface area contributed by atoms with Crippen LogP contribution in [0, 0.1) is 12.7 Å². The van der Waals surface area contributed by atoms with Crippen molar-refractivity contribution in [2.45, 2.75) is 13.5 Å². The first-order valence-corrected chi connectivity index (χ1v) is 9.32. The van der Waals surface area contributed by atoms with Crippen molar-refractivity contribution in [2.75, 3.05) is 10.6 Å². The summed E-state index contributed by atoms with van der Waals surface area (Å²) in [6, 6.07) is 14.0. The average Bonchev–Trinajstić information content (AvgIpc) is 2.98. The zero-order valence-corrected chi connectivity index (χ0v) is 16.5. The van der Waals surface area contributed by atoms with Crippen LogP contribution in [0.1, 0.15) is 5.69 Å². The van der Waals surface area contributed by atoms with Crippen LogP contribution in [0.15, 0.2) is 59.4 Å². The summed E-state index contributed by atoms with van der Waals surface area (Å²) in [4.78, 5) is 29.6. The van der Waals surface area contributed by atoms with Crippen LogP contribution in [0.4, 0.5) is 21.7 Å². The van der Waals surface area contributed by atoms with Crippen LogP contribution in [-0.2, 0) is 11.3 Å². The number of halogens is 2. The third-order valence-corrected chi connectivity index (χ3v) is 4.43. The van der Waals surface area contributed by atoms with E-state index in [0.717, 1.165) is 4.68 Å². The Morgan fingerprint density at radius 1 is 1.13 bits per heavy atom. The molecule has 2 heterocycles. The summed E-state index contributed by atoms with van der Waals surface area (Å²) in [5.41, 5.74) is 1.47. The van der Waals surface area contributed by atoms with Gasteiger partial charge in [0, 0.05) is 28.2 Å². The van der Waals surface area contributed by atoms with Crippen LogP contribution < -0.4 is 16.3 Å². The third-order valence-electron chi connectivity index (χ3n) is 4.20. The fraction of sp³-hybridized carbons (Fsp3) is 0.100. The molecule has 0 atom stereocenters. The number of anilines is 3. The topological polar surface area (TPSA) is 93.3 Å². The maximum atomic E-state index is 13.2. The summed E-state index contributed by atoms with van der Waals surface area (Å²) < 4.78 is 15.5. The predicted molar refractivity (Wildman–Crippen MR) is 112 cm³/mol. The summed E-state index contributed by atoms with van der Waals surface area (Å²) in [7, 11) is 0.